The van der Waals surface area contributed by atoms with Crippen LogP contribution < -0.4 is 5.32 Å². The van der Waals surface area contributed by atoms with Crippen LogP contribution in [0.25, 0.3) is 33.2 Å². The largest absolute Gasteiger partial charge is 0.353 e. The van der Waals surface area contributed by atoms with E-state index < -0.39 is 4.92 Å². The topological polar surface area (TPSA) is 101 Å². The summed E-state index contributed by atoms with van der Waals surface area (Å²) in [7, 11) is 0. The van der Waals surface area contributed by atoms with Gasteiger partial charge in [0.2, 0.25) is 5.91 Å². The Morgan fingerprint density at radius 2 is 1.83 bits per heavy atom. The Morgan fingerprint density at radius 3 is 2.69 bits per heavy atom. The molecule has 5 rings (SSSR count). The fraction of sp³-hybridized carbons (Fsp3) is 0.111. The standard InChI is InChI=1S/C27H21BrN4O3/c28-21-14-13-18(32(34)35)16-25(21)30-26(33)11-5-8-20-19-7-2-4-10-23(19)31-27(20)24-15-12-17-6-1-3-9-22(17)29-24/h1-4,6-7,9-10,12-16,31H,5,8,11H2,(H,30,33). The summed E-state index contributed by atoms with van der Waals surface area (Å²) in [5.41, 5.74) is 5.20. The number of aryl methyl sites for hydroxylation is 1. The van der Waals surface area contributed by atoms with E-state index in [1.807, 2.05) is 48.5 Å². The third kappa shape index (κ3) is 4.79. The SMILES string of the molecule is O=C(CCCc1c(-c2ccc3ccccc3n2)[nH]c2ccccc12)Nc1cc([N+](=O)[O-])ccc1Br. The molecule has 5 aromatic rings. The lowest BCUT2D eigenvalue weighted by molar-refractivity contribution is -0.384. The van der Waals surface area contributed by atoms with Crippen molar-refractivity contribution in [1.29, 1.82) is 0 Å². The molecule has 2 heterocycles. The molecule has 0 spiro atoms. The van der Waals surface area contributed by atoms with E-state index in [1.54, 1.807) is 6.07 Å². The van der Waals surface area contributed by atoms with Gasteiger partial charge in [0.15, 0.2) is 0 Å². The van der Waals surface area contributed by atoms with Gasteiger partial charge in [0, 0.05) is 39.3 Å². The smallest absolute Gasteiger partial charge is 0.271 e. The number of fused-ring (bicyclic) bond motifs is 2. The Kier molecular flexibility index (Phi) is 6.29. The lowest BCUT2D eigenvalue weighted by atomic mass is 10.0. The third-order valence-corrected chi connectivity index (χ3v) is 6.63. The van der Waals surface area contributed by atoms with Gasteiger partial charge in [0.05, 0.1) is 27.5 Å². The predicted molar refractivity (Wildman–Crippen MR) is 141 cm³/mol. The van der Waals surface area contributed by atoms with E-state index in [0.717, 1.165) is 38.8 Å². The number of nitro groups is 1. The number of anilines is 1. The lowest BCUT2D eigenvalue weighted by Crippen LogP contribution is -2.12. The van der Waals surface area contributed by atoms with E-state index in [0.29, 0.717) is 23.0 Å². The maximum absolute atomic E-state index is 12.6. The number of rotatable bonds is 7. The van der Waals surface area contributed by atoms with E-state index >= 15 is 0 Å². The summed E-state index contributed by atoms with van der Waals surface area (Å²) < 4.78 is 0.595. The van der Waals surface area contributed by atoms with Crippen LogP contribution in [-0.2, 0) is 11.2 Å². The van der Waals surface area contributed by atoms with Crippen molar-refractivity contribution in [2.24, 2.45) is 0 Å². The highest BCUT2D eigenvalue weighted by Gasteiger charge is 2.16. The van der Waals surface area contributed by atoms with Crippen LogP contribution in [0.15, 0.2) is 83.3 Å². The number of nitrogens with zero attached hydrogens (tertiary/aromatic N) is 2. The summed E-state index contributed by atoms with van der Waals surface area (Å²) in [6.07, 6.45) is 1.57. The number of nitro benzene ring substituents is 1. The fourth-order valence-corrected chi connectivity index (χ4v) is 4.59. The summed E-state index contributed by atoms with van der Waals surface area (Å²) in [5.74, 6) is -0.198. The highest BCUT2D eigenvalue weighted by Crippen LogP contribution is 2.32. The molecule has 0 unspecified atom stereocenters. The van der Waals surface area contributed by atoms with Crippen molar-refractivity contribution in [3.8, 4) is 11.4 Å². The van der Waals surface area contributed by atoms with Crippen molar-refractivity contribution in [3.63, 3.8) is 0 Å². The molecular weight excluding hydrogens is 508 g/mol. The van der Waals surface area contributed by atoms with Crippen molar-refractivity contribution >= 4 is 55.0 Å². The lowest BCUT2D eigenvalue weighted by Gasteiger charge is -2.09. The van der Waals surface area contributed by atoms with E-state index in [9.17, 15) is 14.9 Å². The molecular formula is C27H21BrN4O3. The average molecular weight is 529 g/mol. The Labute approximate surface area is 209 Å². The van der Waals surface area contributed by atoms with Crippen LogP contribution in [0.4, 0.5) is 11.4 Å². The molecule has 0 bridgehead atoms. The van der Waals surface area contributed by atoms with E-state index in [4.69, 9.17) is 4.98 Å². The summed E-state index contributed by atoms with van der Waals surface area (Å²) in [5, 5.41) is 16.0. The first-order valence-corrected chi connectivity index (χ1v) is 12.0. The second-order valence-corrected chi connectivity index (χ2v) is 9.09. The number of aromatic nitrogens is 2. The van der Waals surface area contributed by atoms with Crippen molar-refractivity contribution < 1.29 is 9.72 Å². The molecule has 0 aliphatic rings. The number of pyridine rings is 1. The number of aromatic amines is 1. The van der Waals surface area contributed by atoms with Crippen LogP contribution in [-0.4, -0.2) is 20.8 Å². The number of nitrogens with one attached hydrogen (secondary N) is 2. The number of non-ortho nitro benzene ring substituents is 1. The minimum absolute atomic E-state index is 0.0742. The summed E-state index contributed by atoms with van der Waals surface area (Å²) >= 11 is 3.34. The van der Waals surface area contributed by atoms with Gasteiger partial charge >= 0.3 is 0 Å². The monoisotopic (exact) mass is 528 g/mol. The van der Waals surface area contributed by atoms with Crippen LogP contribution in [0.1, 0.15) is 18.4 Å². The van der Waals surface area contributed by atoms with Gasteiger partial charge in [-0.3, -0.25) is 14.9 Å². The van der Waals surface area contributed by atoms with Crippen LogP contribution in [0.2, 0.25) is 0 Å². The minimum atomic E-state index is -0.485. The Bertz CT molecular complexity index is 1580. The van der Waals surface area contributed by atoms with Gasteiger partial charge in [0.1, 0.15) is 0 Å². The Hall–Kier alpha value is -4.04. The maximum atomic E-state index is 12.6. The Morgan fingerprint density at radius 1 is 1.03 bits per heavy atom. The molecule has 8 heteroatoms. The van der Waals surface area contributed by atoms with Gasteiger partial charge in [-0.1, -0.05) is 42.5 Å². The van der Waals surface area contributed by atoms with Crippen LogP contribution in [0, 0.1) is 10.1 Å². The van der Waals surface area contributed by atoms with Crippen LogP contribution in [0.5, 0.6) is 0 Å². The number of H-pyrrole nitrogens is 1. The molecule has 0 saturated heterocycles. The summed E-state index contributed by atoms with van der Waals surface area (Å²) in [6, 6.07) is 24.5. The number of benzene rings is 3. The van der Waals surface area contributed by atoms with Gasteiger partial charge in [-0.2, -0.15) is 0 Å². The summed E-state index contributed by atoms with van der Waals surface area (Å²) in [4.78, 5) is 31.6. The van der Waals surface area contributed by atoms with Crippen molar-refractivity contribution in [2.75, 3.05) is 5.32 Å². The molecule has 0 atom stereocenters. The minimum Gasteiger partial charge on any atom is -0.353 e. The molecule has 2 aromatic heterocycles. The number of para-hydroxylation sites is 2. The van der Waals surface area contributed by atoms with Crippen molar-refractivity contribution in [3.05, 3.63) is 99.0 Å². The molecule has 0 aliphatic heterocycles. The first-order chi connectivity index (χ1) is 17.0. The number of amides is 1. The molecule has 35 heavy (non-hydrogen) atoms. The predicted octanol–water partition coefficient (Wildman–Crippen LogP) is 7.02. The Balaban J connectivity index is 1.36. The highest BCUT2D eigenvalue weighted by molar-refractivity contribution is 9.10. The van der Waals surface area contributed by atoms with E-state index in [-0.39, 0.29) is 18.0 Å². The zero-order valence-corrected chi connectivity index (χ0v) is 20.2. The van der Waals surface area contributed by atoms with Gasteiger partial charge < -0.3 is 10.3 Å². The van der Waals surface area contributed by atoms with E-state index in [2.05, 4.69) is 38.4 Å². The molecule has 2 N–H and O–H groups in total. The van der Waals surface area contributed by atoms with Crippen LogP contribution in [0.3, 0.4) is 0 Å². The average Bonchev–Trinajstić information content (AvgIpc) is 3.23. The molecule has 0 saturated carbocycles. The molecule has 1 amide bonds. The number of carbonyl (C=O) groups excluding carboxylic acids is 1. The van der Waals surface area contributed by atoms with Gasteiger partial charge in [-0.05, 0) is 58.6 Å². The van der Waals surface area contributed by atoms with Crippen molar-refractivity contribution in [2.45, 2.75) is 19.3 Å². The molecule has 0 aliphatic carbocycles. The van der Waals surface area contributed by atoms with Gasteiger partial charge in [-0.15, -0.1) is 0 Å². The normalized spacial score (nSPS) is 11.1. The quantitative estimate of drug-likeness (QED) is 0.175. The van der Waals surface area contributed by atoms with Crippen molar-refractivity contribution in [1.82, 2.24) is 9.97 Å². The number of hydrogen-bond donors (Lipinski definition) is 2. The zero-order valence-electron chi connectivity index (χ0n) is 18.6. The second-order valence-electron chi connectivity index (χ2n) is 8.24. The fourth-order valence-electron chi connectivity index (χ4n) is 4.24. The molecule has 0 fully saturated rings. The number of halogens is 1. The third-order valence-electron chi connectivity index (χ3n) is 5.93. The first kappa shape index (κ1) is 22.7. The number of hydrogen-bond acceptors (Lipinski definition) is 4. The second kappa shape index (κ2) is 9.68. The maximum Gasteiger partial charge on any atom is 0.271 e. The molecule has 3 aromatic carbocycles. The molecule has 7 nitrogen and oxygen atoms in total. The molecule has 174 valence electrons. The number of carbonyl (C=O) groups is 1. The van der Waals surface area contributed by atoms with Gasteiger partial charge in [-0.25, -0.2) is 4.98 Å². The zero-order chi connectivity index (χ0) is 24.4. The molecule has 0 radical (unpaired) electrons. The van der Waals surface area contributed by atoms with E-state index in [1.165, 1.54) is 12.1 Å². The highest BCUT2D eigenvalue weighted by atomic mass is 79.9. The van der Waals surface area contributed by atoms with Gasteiger partial charge in [0.25, 0.3) is 5.69 Å². The van der Waals surface area contributed by atoms with Crippen LogP contribution >= 0.6 is 15.9 Å². The first-order valence-electron chi connectivity index (χ1n) is 11.2. The summed E-state index contributed by atoms with van der Waals surface area (Å²) in [6.45, 7) is 0.